The Kier molecular flexibility index (Phi) is 6.24. The Labute approximate surface area is 142 Å². The highest BCUT2D eigenvalue weighted by molar-refractivity contribution is 5.89. The first kappa shape index (κ1) is 17.7. The summed E-state index contributed by atoms with van der Waals surface area (Å²) in [4.78, 5) is 29.5. The van der Waals surface area contributed by atoms with Gasteiger partial charge in [-0.2, -0.15) is 0 Å². The number of nitrogens with zero attached hydrogens (tertiary/aromatic N) is 9. The minimum atomic E-state index is -0.419. The van der Waals surface area contributed by atoms with Crippen molar-refractivity contribution in [1.29, 1.82) is 0 Å². The van der Waals surface area contributed by atoms with Gasteiger partial charge in [-0.25, -0.2) is 19.7 Å². The van der Waals surface area contributed by atoms with Crippen LogP contribution in [0, 0.1) is 0 Å². The number of hydrogen-bond acceptors (Lipinski definition) is 7. The number of carbonyl (C=O) groups excluding carboxylic acids is 1. The molecular formula is C14H13N9O2. The third kappa shape index (κ3) is 4.90. The van der Waals surface area contributed by atoms with E-state index in [-0.39, 0.29) is 24.7 Å². The van der Waals surface area contributed by atoms with Crippen molar-refractivity contribution in [3.8, 4) is 11.4 Å². The Hall–Kier alpha value is -3.68. The van der Waals surface area contributed by atoms with Gasteiger partial charge in [0, 0.05) is 15.4 Å². The van der Waals surface area contributed by atoms with Crippen LogP contribution in [0.4, 0.5) is 0 Å². The van der Waals surface area contributed by atoms with Crippen LogP contribution in [0.3, 0.4) is 0 Å². The van der Waals surface area contributed by atoms with Crippen molar-refractivity contribution in [2.45, 2.75) is 20.0 Å². The summed E-state index contributed by atoms with van der Waals surface area (Å²) in [6.07, 6.45) is 0. The van der Waals surface area contributed by atoms with Crippen LogP contribution in [-0.2, 0) is 17.8 Å². The van der Waals surface area contributed by atoms with E-state index in [9.17, 15) is 4.79 Å². The molecule has 0 aliphatic heterocycles. The molecule has 1 heterocycles. The van der Waals surface area contributed by atoms with Crippen LogP contribution in [0.2, 0.25) is 0 Å². The second kappa shape index (κ2) is 8.82. The molecule has 11 nitrogen and oxygen atoms in total. The van der Waals surface area contributed by atoms with E-state index in [0.29, 0.717) is 23.6 Å². The van der Waals surface area contributed by atoms with Crippen molar-refractivity contribution in [2.24, 2.45) is 10.2 Å². The highest BCUT2D eigenvalue weighted by Gasteiger charge is 2.10. The molecular weight excluding hydrogens is 326 g/mol. The van der Waals surface area contributed by atoms with Crippen molar-refractivity contribution in [3.05, 3.63) is 62.4 Å². The van der Waals surface area contributed by atoms with E-state index in [1.165, 1.54) is 0 Å². The Bertz CT molecular complexity index is 815. The molecule has 0 aliphatic rings. The fraction of sp³-hybridized carbons (Fsp3) is 0.286. The quantitative estimate of drug-likeness (QED) is 0.326. The summed E-state index contributed by atoms with van der Waals surface area (Å²) in [5.41, 5.74) is 17.9. The topological polar surface area (TPSA) is 162 Å². The van der Waals surface area contributed by atoms with Gasteiger partial charge in [-0.15, -0.1) is 0 Å². The van der Waals surface area contributed by atoms with Crippen LogP contribution in [0.5, 0.6) is 0 Å². The van der Waals surface area contributed by atoms with Crippen LogP contribution in [0.15, 0.2) is 34.5 Å². The number of aromatic nitrogens is 3. The lowest BCUT2D eigenvalue weighted by molar-refractivity contribution is 0.0526. The number of azide groups is 2. The molecule has 0 bridgehead atoms. The molecule has 126 valence electrons. The SMILES string of the molecule is CCOC(=O)c1ccc(-c2nc(CN=[N+]=[N-])nc(CN=[N+]=[N-])n2)cc1. The van der Waals surface area contributed by atoms with E-state index in [0.717, 1.165) is 0 Å². The fourth-order valence-corrected chi connectivity index (χ4v) is 1.90. The molecule has 11 heteroatoms. The van der Waals surface area contributed by atoms with Crippen LogP contribution in [0.1, 0.15) is 28.9 Å². The molecule has 0 amide bonds. The predicted molar refractivity (Wildman–Crippen MR) is 86.9 cm³/mol. The molecule has 0 radical (unpaired) electrons. The molecule has 0 aliphatic carbocycles. The van der Waals surface area contributed by atoms with Crippen LogP contribution < -0.4 is 0 Å². The largest absolute Gasteiger partial charge is 0.462 e. The van der Waals surface area contributed by atoms with Crippen molar-refractivity contribution >= 4 is 5.97 Å². The lowest BCUT2D eigenvalue weighted by Gasteiger charge is -2.06. The highest BCUT2D eigenvalue weighted by atomic mass is 16.5. The zero-order chi connectivity index (χ0) is 18.1. The molecule has 1 aromatic heterocycles. The van der Waals surface area contributed by atoms with Crippen molar-refractivity contribution in [2.75, 3.05) is 6.61 Å². The van der Waals surface area contributed by atoms with E-state index in [1.807, 2.05) is 0 Å². The summed E-state index contributed by atoms with van der Waals surface area (Å²) < 4.78 is 4.93. The number of benzene rings is 1. The first-order chi connectivity index (χ1) is 12.2. The van der Waals surface area contributed by atoms with Gasteiger partial charge < -0.3 is 4.74 Å². The molecule has 0 atom stereocenters. The third-order valence-electron chi connectivity index (χ3n) is 2.93. The second-order valence-electron chi connectivity index (χ2n) is 4.57. The van der Waals surface area contributed by atoms with E-state index in [1.54, 1.807) is 31.2 Å². The van der Waals surface area contributed by atoms with Crippen LogP contribution in [0.25, 0.3) is 32.3 Å². The normalized spacial score (nSPS) is 9.64. The maximum Gasteiger partial charge on any atom is 0.338 e. The number of carbonyl (C=O) groups is 1. The number of hydrogen-bond donors (Lipinski definition) is 0. The van der Waals surface area contributed by atoms with E-state index < -0.39 is 5.97 Å². The van der Waals surface area contributed by atoms with Crippen molar-refractivity contribution in [3.63, 3.8) is 0 Å². The van der Waals surface area contributed by atoms with Crippen LogP contribution >= 0.6 is 0 Å². The van der Waals surface area contributed by atoms with E-state index in [2.05, 4.69) is 35.0 Å². The monoisotopic (exact) mass is 339 g/mol. The molecule has 0 spiro atoms. The smallest absolute Gasteiger partial charge is 0.338 e. The van der Waals surface area contributed by atoms with Gasteiger partial charge in [-0.3, -0.25) is 0 Å². The van der Waals surface area contributed by atoms with Gasteiger partial charge in [0.15, 0.2) is 5.82 Å². The molecule has 2 aromatic rings. The Morgan fingerprint density at radius 1 is 1.04 bits per heavy atom. The lowest BCUT2D eigenvalue weighted by atomic mass is 10.1. The summed E-state index contributed by atoms with van der Waals surface area (Å²) in [7, 11) is 0. The molecule has 0 N–H and O–H groups in total. The molecule has 25 heavy (non-hydrogen) atoms. The highest BCUT2D eigenvalue weighted by Crippen LogP contribution is 2.17. The summed E-state index contributed by atoms with van der Waals surface area (Å²) in [6, 6.07) is 6.52. The van der Waals surface area contributed by atoms with E-state index >= 15 is 0 Å². The molecule has 0 unspecified atom stereocenters. The molecule has 1 aromatic carbocycles. The third-order valence-corrected chi connectivity index (χ3v) is 2.93. The maximum atomic E-state index is 11.7. The Balaban J connectivity index is 2.37. The maximum absolute atomic E-state index is 11.7. The molecule has 2 rings (SSSR count). The standard InChI is InChI=1S/C14H13N9O2/c1-2-25-14(24)10-5-3-9(4-6-10)13-20-11(7-17-22-15)19-12(21-13)8-18-23-16/h3-6H,2,7-8H2,1H3. The first-order valence-corrected chi connectivity index (χ1v) is 7.21. The summed E-state index contributed by atoms with van der Waals surface area (Å²) in [6.45, 7) is 1.90. The van der Waals surface area contributed by atoms with Gasteiger partial charge >= 0.3 is 5.97 Å². The van der Waals surface area contributed by atoms with Gasteiger partial charge in [0.05, 0.1) is 25.3 Å². The average Bonchev–Trinajstić information content (AvgIpc) is 2.65. The van der Waals surface area contributed by atoms with Gasteiger partial charge in [0.1, 0.15) is 11.6 Å². The zero-order valence-corrected chi connectivity index (χ0v) is 13.3. The van der Waals surface area contributed by atoms with Crippen molar-refractivity contribution in [1.82, 2.24) is 15.0 Å². The van der Waals surface area contributed by atoms with Gasteiger partial charge in [-0.05, 0) is 30.1 Å². The minimum Gasteiger partial charge on any atom is -0.462 e. The summed E-state index contributed by atoms with van der Waals surface area (Å²) in [5.74, 6) is 0.398. The van der Waals surface area contributed by atoms with Gasteiger partial charge in [0.2, 0.25) is 0 Å². The number of ether oxygens (including phenoxy) is 1. The first-order valence-electron chi connectivity index (χ1n) is 7.21. The summed E-state index contributed by atoms with van der Waals surface area (Å²) >= 11 is 0. The van der Waals surface area contributed by atoms with Gasteiger partial charge in [-0.1, -0.05) is 22.4 Å². The van der Waals surface area contributed by atoms with Crippen molar-refractivity contribution < 1.29 is 9.53 Å². The number of rotatable bonds is 7. The van der Waals surface area contributed by atoms with Crippen LogP contribution in [-0.4, -0.2) is 27.5 Å². The minimum absolute atomic E-state index is 0.0593. The predicted octanol–water partition coefficient (Wildman–Crippen LogP) is 3.34. The zero-order valence-electron chi connectivity index (χ0n) is 13.3. The molecule has 0 saturated heterocycles. The lowest BCUT2D eigenvalue weighted by Crippen LogP contribution is -2.06. The van der Waals surface area contributed by atoms with E-state index in [4.69, 9.17) is 15.8 Å². The fourth-order valence-electron chi connectivity index (χ4n) is 1.90. The summed E-state index contributed by atoms with van der Waals surface area (Å²) in [5, 5.41) is 6.84. The second-order valence-corrected chi connectivity index (χ2v) is 4.57. The Morgan fingerprint density at radius 3 is 2.08 bits per heavy atom. The molecule has 0 fully saturated rings. The average molecular weight is 339 g/mol. The van der Waals surface area contributed by atoms with Gasteiger partial charge in [0.25, 0.3) is 0 Å². The molecule has 0 saturated carbocycles. The number of esters is 1. The Morgan fingerprint density at radius 2 is 1.60 bits per heavy atom.